The summed E-state index contributed by atoms with van der Waals surface area (Å²) >= 11 is 0. The second kappa shape index (κ2) is 11.3. The number of primary amides is 1. The van der Waals surface area contributed by atoms with E-state index >= 15 is 0 Å². The van der Waals surface area contributed by atoms with Crippen molar-refractivity contribution >= 4 is 34.7 Å². The van der Waals surface area contributed by atoms with E-state index in [0.29, 0.717) is 34.7 Å². The summed E-state index contributed by atoms with van der Waals surface area (Å²) in [6.07, 6.45) is 7.86. The number of hydrogen-bond donors (Lipinski definition) is 3. The molecule has 4 rings (SSSR count). The first kappa shape index (κ1) is 26.0. The minimum atomic E-state index is -0.633. The third-order valence-corrected chi connectivity index (χ3v) is 5.60. The number of aromatic nitrogens is 6. The normalized spacial score (nSPS) is 11.1. The fourth-order valence-electron chi connectivity index (χ4n) is 3.86. The summed E-state index contributed by atoms with van der Waals surface area (Å²) in [5, 5.41) is 9.90. The maximum Gasteiger partial charge on any atom is 0.276 e. The van der Waals surface area contributed by atoms with Crippen LogP contribution in [0.2, 0.25) is 0 Å². The van der Waals surface area contributed by atoms with Gasteiger partial charge in [-0.15, -0.1) is 0 Å². The molecule has 0 saturated heterocycles. The molecule has 0 aliphatic carbocycles. The van der Waals surface area contributed by atoms with Gasteiger partial charge in [0.25, 0.3) is 11.8 Å². The molecular weight excluding hydrogens is 490 g/mol. The fraction of sp³-hybridized carbons (Fsp3) is 0.240. The largest absolute Gasteiger partial charge is 0.494 e. The van der Waals surface area contributed by atoms with Crippen LogP contribution < -0.4 is 21.1 Å². The molecule has 3 amide bonds. The van der Waals surface area contributed by atoms with E-state index in [1.807, 2.05) is 13.8 Å². The van der Waals surface area contributed by atoms with E-state index in [9.17, 15) is 14.4 Å². The van der Waals surface area contributed by atoms with Crippen LogP contribution in [0.1, 0.15) is 44.0 Å². The smallest absolute Gasteiger partial charge is 0.276 e. The van der Waals surface area contributed by atoms with Crippen LogP contribution in [0.15, 0.2) is 48.9 Å². The summed E-state index contributed by atoms with van der Waals surface area (Å²) < 4.78 is 8.85. The number of anilines is 1. The van der Waals surface area contributed by atoms with Crippen LogP contribution >= 0.6 is 0 Å². The number of aryl methyl sites for hydroxylation is 2. The van der Waals surface area contributed by atoms with Gasteiger partial charge in [0, 0.05) is 37.6 Å². The van der Waals surface area contributed by atoms with Gasteiger partial charge in [-0.25, -0.2) is 9.97 Å². The van der Waals surface area contributed by atoms with E-state index < -0.39 is 11.8 Å². The number of allylic oxidation sites excluding steroid dienone is 1. The first-order valence-corrected chi connectivity index (χ1v) is 11.8. The molecule has 0 spiro atoms. The van der Waals surface area contributed by atoms with Gasteiger partial charge in [-0.05, 0) is 32.0 Å². The molecule has 13 nitrogen and oxygen atoms in total. The number of benzene rings is 1. The number of carbonyl (C=O) groups excluding carboxylic acids is 3. The monoisotopic (exact) mass is 517 g/mol. The van der Waals surface area contributed by atoms with E-state index in [-0.39, 0.29) is 36.2 Å². The van der Waals surface area contributed by atoms with E-state index in [1.54, 1.807) is 27.5 Å². The molecule has 4 N–H and O–H groups in total. The van der Waals surface area contributed by atoms with Crippen LogP contribution in [0.4, 0.5) is 5.95 Å². The van der Waals surface area contributed by atoms with Crippen LogP contribution in [0.5, 0.6) is 5.75 Å². The van der Waals surface area contributed by atoms with Crippen molar-refractivity contribution in [3.05, 3.63) is 71.6 Å². The number of ether oxygens (including phenoxy) is 1. The Hall–Kier alpha value is -5.07. The Morgan fingerprint density at radius 3 is 2.63 bits per heavy atom. The highest BCUT2D eigenvalue weighted by molar-refractivity contribution is 6.04. The number of nitrogens with zero attached hydrogens (tertiary/aromatic N) is 6. The molecule has 196 valence electrons. The van der Waals surface area contributed by atoms with Gasteiger partial charge in [-0.1, -0.05) is 12.2 Å². The number of nitrogens with one attached hydrogen (secondary N) is 2. The number of rotatable bonds is 10. The molecule has 0 aliphatic rings. The molecule has 0 bridgehead atoms. The Balaban J connectivity index is 1.63. The van der Waals surface area contributed by atoms with Crippen molar-refractivity contribution in [1.29, 1.82) is 0 Å². The lowest BCUT2D eigenvalue weighted by molar-refractivity contribution is 0.0950. The highest BCUT2D eigenvalue weighted by Gasteiger charge is 2.21. The molecule has 4 aromatic rings. The summed E-state index contributed by atoms with van der Waals surface area (Å²) in [7, 11) is 1.47. The van der Waals surface area contributed by atoms with Crippen LogP contribution in [0.3, 0.4) is 0 Å². The van der Waals surface area contributed by atoms with E-state index in [4.69, 9.17) is 10.5 Å². The SMILES string of the molecule is CCn1nc(C)cc1C(=O)Nc1nc2cc(C(N)=O)cc(OC)c2n1C/C=C/CNC(=O)c1cnccn1. The van der Waals surface area contributed by atoms with Crippen molar-refractivity contribution in [3.8, 4) is 5.75 Å². The van der Waals surface area contributed by atoms with Gasteiger partial charge in [0.05, 0.1) is 24.5 Å². The number of carbonyl (C=O) groups is 3. The quantitative estimate of drug-likeness (QED) is 0.267. The number of nitrogens with two attached hydrogens (primary N) is 1. The highest BCUT2D eigenvalue weighted by atomic mass is 16.5. The molecule has 0 atom stereocenters. The molecule has 3 aromatic heterocycles. The first-order chi connectivity index (χ1) is 18.3. The van der Waals surface area contributed by atoms with Gasteiger partial charge in [-0.3, -0.25) is 29.4 Å². The number of amides is 3. The van der Waals surface area contributed by atoms with Crippen LogP contribution in [0, 0.1) is 6.92 Å². The zero-order valence-electron chi connectivity index (χ0n) is 21.1. The topological polar surface area (TPSA) is 172 Å². The number of methoxy groups -OCH3 is 1. The lowest BCUT2D eigenvalue weighted by Gasteiger charge is -2.11. The lowest BCUT2D eigenvalue weighted by atomic mass is 10.1. The summed E-state index contributed by atoms with van der Waals surface area (Å²) in [5.41, 5.74) is 7.98. The predicted molar refractivity (Wildman–Crippen MR) is 139 cm³/mol. The third kappa shape index (κ3) is 5.51. The van der Waals surface area contributed by atoms with Gasteiger partial charge < -0.3 is 20.4 Å². The maximum atomic E-state index is 13.1. The van der Waals surface area contributed by atoms with Crippen LogP contribution in [0.25, 0.3) is 11.0 Å². The van der Waals surface area contributed by atoms with Gasteiger partial charge in [-0.2, -0.15) is 5.10 Å². The van der Waals surface area contributed by atoms with E-state index in [1.165, 1.54) is 37.8 Å². The van der Waals surface area contributed by atoms with E-state index in [2.05, 4.69) is 30.7 Å². The summed E-state index contributed by atoms with van der Waals surface area (Å²) in [4.78, 5) is 49.6. The molecule has 13 heteroatoms. The van der Waals surface area contributed by atoms with Crippen molar-refractivity contribution in [2.45, 2.75) is 26.9 Å². The fourth-order valence-corrected chi connectivity index (χ4v) is 3.86. The molecular formula is C25H27N9O4. The summed E-state index contributed by atoms with van der Waals surface area (Å²) in [5.74, 6) is -0.778. The zero-order chi connectivity index (χ0) is 27.2. The summed E-state index contributed by atoms with van der Waals surface area (Å²) in [6, 6.07) is 4.75. The Kier molecular flexibility index (Phi) is 7.75. The number of hydrogen-bond acceptors (Lipinski definition) is 8. The van der Waals surface area contributed by atoms with Crippen molar-refractivity contribution in [1.82, 2.24) is 34.6 Å². The van der Waals surface area contributed by atoms with Gasteiger partial charge in [0.1, 0.15) is 22.7 Å². The summed E-state index contributed by atoms with van der Waals surface area (Å²) in [6.45, 7) is 4.73. The molecule has 0 radical (unpaired) electrons. The lowest BCUT2D eigenvalue weighted by Crippen LogP contribution is -2.24. The maximum absolute atomic E-state index is 13.1. The standard InChI is InChI=1S/C25H27N9O4/c1-4-34-19(11-15(2)32-34)24(37)31-25-30-17-12-16(22(26)35)13-20(38-3)21(17)33(25)10-6-5-7-29-23(36)18-14-27-8-9-28-18/h5-6,8-9,11-14H,4,7,10H2,1-3H3,(H2,26,35)(H,29,36)(H,30,31,37)/b6-5+. The van der Waals surface area contributed by atoms with Crippen LogP contribution in [-0.4, -0.2) is 60.7 Å². The average Bonchev–Trinajstić information content (AvgIpc) is 3.47. The Bertz CT molecular complexity index is 1520. The molecule has 3 heterocycles. The van der Waals surface area contributed by atoms with Gasteiger partial charge in [0.2, 0.25) is 11.9 Å². The molecule has 38 heavy (non-hydrogen) atoms. The minimum absolute atomic E-state index is 0.211. The number of fused-ring (bicyclic) bond motifs is 1. The molecule has 0 saturated carbocycles. The van der Waals surface area contributed by atoms with E-state index in [0.717, 1.165) is 0 Å². The van der Waals surface area contributed by atoms with Crippen molar-refractivity contribution in [3.63, 3.8) is 0 Å². The van der Waals surface area contributed by atoms with Crippen LogP contribution in [-0.2, 0) is 13.1 Å². The Morgan fingerprint density at radius 2 is 1.95 bits per heavy atom. The van der Waals surface area contributed by atoms with Crippen molar-refractivity contribution in [2.24, 2.45) is 5.73 Å². The molecule has 1 aromatic carbocycles. The van der Waals surface area contributed by atoms with Gasteiger partial charge >= 0.3 is 0 Å². The Labute approximate surface area is 217 Å². The molecule has 0 aliphatic heterocycles. The first-order valence-electron chi connectivity index (χ1n) is 11.8. The minimum Gasteiger partial charge on any atom is -0.494 e. The van der Waals surface area contributed by atoms with Crippen molar-refractivity contribution in [2.75, 3.05) is 19.0 Å². The zero-order valence-corrected chi connectivity index (χ0v) is 21.1. The third-order valence-electron chi connectivity index (χ3n) is 5.60. The predicted octanol–water partition coefficient (Wildman–Crippen LogP) is 1.70. The average molecular weight is 518 g/mol. The second-order valence-corrected chi connectivity index (χ2v) is 8.17. The number of imidazole rings is 1. The molecule has 0 unspecified atom stereocenters. The Morgan fingerprint density at radius 1 is 1.13 bits per heavy atom. The van der Waals surface area contributed by atoms with Crippen molar-refractivity contribution < 1.29 is 19.1 Å². The highest BCUT2D eigenvalue weighted by Crippen LogP contribution is 2.31. The molecule has 0 fully saturated rings. The second-order valence-electron chi connectivity index (χ2n) is 8.17. The van der Waals surface area contributed by atoms with Gasteiger partial charge in [0.15, 0.2) is 0 Å².